The van der Waals surface area contributed by atoms with Crippen LogP contribution in [0.25, 0.3) is 5.53 Å². The molecule has 0 fully saturated rings. The fraction of sp³-hybridized carbons (Fsp3) is 0.955. The summed E-state index contributed by atoms with van der Waals surface area (Å²) in [6.45, 7) is 34.5. The van der Waals surface area contributed by atoms with Crippen molar-refractivity contribution in [2.75, 3.05) is 0 Å². The molecule has 0 unspecified atom stereocenters. The zero-order valence-electron chi connectivity index (χ0n) is 22.1. The lowest BCUT2D eigenvalue weighted by molar-refractivity contribution is -0.000103. The van der Waals surface area contributed by atoms with E-state index in [1.54, 1.807) is 0 Å². The van der Waals surface area contributed by atoms with Crippen LogP contribution in [0.15, 0.2) is 0 Å². The summed E-state index contributed by atoms with van der Waals surface area (Å²) in [5.41, 5.74) is 10.6. The Labute approximate surface area is 184 Å². The topological polar surface area (TPSA) is 46.1 Å². The Bertz CT molecular complexity index is 486. The van der Waals surface area contributed by atoms with Crippen LogP contribution in [0.5, 0.6) is 0 Å². The molecule has 0 rings (SSSR count). The Morgan fingerprint density at radius 1 is 0.586 bits per heavy atom. The van der Waals surface area contributed by atoms with Gasteiger partial charge in [-0.05, 0) is 83.1 Å². The summed E-state index contributed by atoms with van der Waals surface area (Å²) in [7, 11) is -4.29. The molecule has 0 amide bonds. The minimum Gasteiger partial charge on any atom is -0.358 e. The summed E-state index contributed by atoms with van der Waals surface area (Å²) < 4.78 is 8.08. The van der Waals surface area contributed by atoms with Crippen LogP contribution in [0.3, 0.4) is 0 Å². The molecule has 172 valence electrons. The molecule has 0 bridgehead atoms. The lowest BCUT2D eigenvalue weighted by Crippen LogP contribution is -2.62. The van der Waals surface area contributed by atoms with Crippen molar-refractivity contribution in [1.29, 1.82) is 0 Å². The van der Waals surface area contributed by atoms with E-state index in [4.69, 9.17) is 0 Å². The molecular formula is C22H51N5PSi+. The van der Waals surface area contributed by atoms with Crippen molar-refractivity contribution in [1.82, 2.24) is 14.0 Å². The van der Waals surface area contributed by atoms with Gasteiger partial charge in [-0.15, -0.1) is 18.8 Å². The monoisotopic (exact) mass is 444 g/mol. The number of rotatable bonds is 11. The van der Waals surface area contributed by atoms with E-state index < -0.39 is 15.8 Å². The highest BCUT2D eigenvalue weighted by Gasteiger charge is 2.72. The van der Waals surface area contributed by atoms with Crippen LogP contribution < -0.4 is 0 Å². The lowest BCUT2D eigenvalue weighted by atomic mass is 10.3. The van der Waals surface area contributed by atoms with E-state index in [0.29, 0.717) is 36.3 Å². The van der Waals surface area contributed by atoms with Crippen molar-refractivity contribution in [3.63, 3.8) is 0 Å². The van der Waals surface area contributed by atoms with E-state index in [2.05, 4.69) is 122 Å². The first-order valence-electron chi connectivity index (χ1n) is 11.5. The molecule has 0 radical (unpaired) electrons. The van der Waals surface area contributed by atoms with E-state index in [0.717, 1.165) is 5.08 Å². The van der Waals surface area contributed by atoms with E-state index in [1.807, 2.05) is 0 Å². The molecule has 0 aromatic heterocycles. The average Bonchev–Trinajstić information content (AvgIpc) is 2.42. The largest absolute Gasteiger partial charge is 0.404 e. The predicted molar refractivity (Wildman–Crippen MR) is 135 cm³/mol. The molecule has 0 aromatic rings. The number of hydrogen-bond acceptors (Lipinski definition) is 3. The molecule has 0 heterocycles. The third-order valence-corrected chi connectivity index (χ3v) is 14.9. The van der Waals surface area contributed by atoms with Gasteiger partial charge in [0.1, 0.15) is 0 Å². The first kappa shape index (κ1) is 28.9. The van der Waals surface area contributed by atoms with Gasteiger partial charge in [0, 0.05) is 36.3 Å². The maximum Gasteiger partial charge on any atom is 0.404 e. The maximum absolute atomic E-state index is 10.6. The fourth-order valence-electron chi connectivity index (χ4n) is 5.07. The number of hydrogen-bond donors (Lipinski definition) is 0. The Morgan fingerprint density at radius 3 is 0.897 bits per heavy atom. The zero-order chi connectivity index (χ0) is 23.5. The normalized spacial score (nSPS) is 14.1. The Balaban J connectivity index is 7.84. The molecule has 0 saturated heterocycles. The Hall–Kier alpha value is -0.0931. The third-order valence-electron chi connectivity index (χ3n) is 5.19. The van der Waals surface area contributed by atoms with Gasteiger partial charge in [-0.2, -0.15) is 0 Å². The average molecular weight is 445 g/mol. The molecule has 0 N–H and O–H groups in total. The first-order chi connectivity index (χ1) is 13.0. The smallest absolute Gasteiger partial charge is 0.358 e. The van der Waals surface area contributed by atoms with E-state index in [1.165, 1.54) is 0 Å². The molecule has 0 aromatic carbocycles. The van der Waals surface area contributed by atoms with Gasteiger partial charge in [-0.1, -0.05) is 19.6 Å². The van der Waals surface area contributed by atoms with Gasteiger partial charge in [0.05, 0.1) is 0 Å². The molecule has 5 nitrogen and oxygen atoms in total. The third kappa shape index (κ3) is 5.99. The summed E-state index contributed by atoms with van der Waals surface area (Å²) >= 11 is 0. The van der Waals surface area contributed by atoms with Crippen LogP contribution in [-0.4, -0.2) is 68.2 Å². The Morgan fingerprint density at radius 2 is 0.793 bits per heavy atom. The van der Waals surface area contributed by atoms with E-state index in [-0.39, 0.29) is 0 Å². The fourth-order valence-corrected chi connectivity index (χ4v) is 15.4. The van der Waals surface area contributed by atoms with Crippen molar-refractivity contribution < 1.29 is 4.79 Å². The van der Waals surface area contributed by atoms with Crippen molar-refractivity contribution in [2.24, 2.45) is 0 Å². The molecule has 0 aliphatic heterocycles. The Kier molecular flexibility index (Phi) is 10.9. The van der Waals surface area contributed by atoms with Gasteiger partial charge in [-0.25, -0.2) is 0 Å². The first-order valence-corrected chi connectivity index (χ1v) is 16.6. The van der Waals surface area contributed by atoms with Crippen LogP contribution in [0.1, 0.15) is 83.1 Å². The summed E-state index contributed by atoms with van der Waals surface area (Å²) in [6, 6.07) is 1.98. The van der Waals surface area contributed by atoms with Crippen molar-refractivity contribution >= 4 is 20.9 Å². The molecule has 7 heteroatoms. The zero-order valence-corrected chi connectivity index (χ0v) is 24.0. The summed E-state index contributed by atoms with van der Waals surface area (Å²) in [5.74, 6) is 0. The minimum absolute atomic E-state index is 0.330. The second-order valence-corrected chi connectivity index (χ2v) is 19.3. The standard InChI is InChI=1S/C22H51N5PSi/c1-16(2)25(17(3)4)28(22(24-23)29(13,14)15,26(18(5)6)19(7)8)27(20(9)10)21(11)12/h16-21H,1-15H3/q+1. The molecular weight excluding hydrogens is 393 g/mol. The van der Waals surface area contributed by atoms with Crippen molar-refractivity contribution in [3.05, 3.63) is 5.53 Å². The van der Waals surface area contributed by atoms with Crippen LogP contribution in [0.4, 0.5) is 0 Å². The molecule has 0 atom stereocenters. The highest BCUT2D eigenvalue weighted by atomic mass is 31.2. The van der Waals surface area contributed by atoms with Crippen molar-refractivity contribution in [3.8, 4) is 0 Å². The van der Waals surface area contributed by atoms with Gasteiger partial charge < -0.3 is 5.53 Å². The van der Waals surface area contributed by atoms with E-state index >= 15 is 0 Å². The highest BCUT2D eigenvalue weighted by Crippen LogP contribution is 2.73. The van der Waals surface area contributed by atoms with Crippen LogP contribution in [0.2, 0.25) is 19.6 Å². The van der Waals surface area contributed by atoms with Gasteiger partial charge in [0.25, 0.3) is 0 Å². The van der Waals surface area contributed by atoms with Crippen LogP contribution in [0, 0.1) is 0 Å². The highest BCUT2D eigenvalue weighted by molar-refractivity contribution is 7.91. The quantitative estimate of drug-likeness (QED) is 0.118. The second-order valence-electron chi connectivity index (χ2n) is 10.9. The van der Waals surface area contributed by atoms with Crippen LogP contribution >= 0.6 is 7.71 Å². The van der Waals surface area contributed by atoms with Crippen molar-refractivity contribution in [2.45, 2.75) is 139 Å². The lowest BCUT2D eigenvalue weighted by Gasteiger charge is -2.53. The SMILES string of the molecule is CC(C)N(C(C)C)[P+](C(=[N+]=[N-])[Si](C)(C)C)(N(C(C)C)C(C)C)N(C(C)C)C(C)C. The number of nitrogens with zero attached hydrogens (tertiary/aromatic N) is 5. The van der Waals surface area contributed by atoms with Gasteiger partial charge >= 0.3 is 12.8 Å². The summed E-state index contributed by atoms with van der Waals surface area (Å²) in [6.07, 6.45) is 0. The summed E-state index contributed by atoms with van der Waals surface area (Å²) in [5, 5.41) is 1.05. The predicted octanol–water partition coefficient (Wildman–Crippen LogP) is 6.61. The molecule has 0 saturated carbocycles. The second kappa shape index (κ2) is 11.0. The minimum atomic E-state index is -2.33. The maximum atomic E-state index is 10.6. The summed E-state index contributed by atoms with van der Waals surface area (Å²) in [4.78, 5) is 4.19. The van der Waals surface area contributed by atoms with E-state index in [9.17, 15) is 5.53 Å². The molecule has 0 aliphatic rings. The molecule has 0 aliphatic carbocycles. The van der Waals surface area contributed by atoms with Gasteiger partial charge in [0.15, 0.2) is 0 Å². The molecule has 0 spiro atoms. The molecule has 29 heavy (non-hydrogen) atoms. The van der Waals surface area contributed by atoms with Gasteiger partial charge in [0.2, 0.25) is 8.07 Å². The van der Waals surface area contributed by atoms with Crippen LogP contribution in [-0.2, 0) is 0 Å². The van der Waals surface area contributed by atoms with Gasteiger partial charge in [-0.3, -0.25) is 0 Å².